The van der Waals surface area contributed by atoms with Crippen molar-refractivity contribution in [1.29, 1.82) is 0 Å². The lowest BCUT2D eigenvalue weighted by molar-refractivity contribution is 0.102. The van der Waals surface area contributed by atoms with Crippen LogP contribution in [0.3, 0.4) is 0 Å². The normalized spacial score (nSPS) is 16.3. The Morgan fingerprint density at radius 2 is 1.89 bits per heavy atom. The molecule has 1 aromatic carbocycles. The molecule has 0 atom stereocenters. The fourth-order valence-corrected chi connectivity index (χ4v) is 4.74. The van der Waals surface area contributed by atoms with Crippen LogP contribution in [0.15, 0.2) is 42.6 Å². The summed E-state index contributed by atoms with van der Waals surface area (Å²) in [5, 5.41) is 7.44. The van der Waals surface area contributed by atoms with Gasteiger partial charge in [0.05, 0.1) is 17.1 Å². The van der Waals surface area contributed by atoms with E-state index in [0.29, 0.717) is 24.1 Å². The number of amides is 1. The molecular formula is C21H21N3O3S. The van der Waals surface area contributed by atoms with Crippen LogP contribution in [0.4, 0.5) is 5.82 Å². The van der Waals surface area contributed by atoms with Crippen LogP contribution in [0, 0.1) is 0 Å². The van der Waals surface area contributed by atoms with E-state index in [0.717, 1.165) is 40.6 Å². The number of thiophene rings is 1. The number of hydrogen-bond donors (Lipinski definition) is 1. The van der Waals surface area contributed by atoms with E-state index in [-0.39, 0.29) is 5.91 Å². The molecule has 1 aliphatic heterocycles. The largest absolute Gasteiger partial charge is 0.486 e. The second-order valence-electron chi connectivity index (χ2n) is 7.08. The molecule has 0 bridgehead atoms. The number of hydrogen-bond acceptors (Lipinski definition) is 5. The van der Waals surface area contributed by atoms with Crippen LogP contribution in [0.5, 0.6) is 11.5 Å². The Hall–Kier alpha value is -2.80. The highest BCUT2D eigenvalue weighted by Gasteiger charge is 2.21. The molecule has 2 aromatic heterocycles. The molecular weight excluding hydrogens is 374 g/mol. The maximum atomic E-state index is 12.8. The van der Waals surface area contributed by atoms with E-state index in [1.165, 1.54) is 24.2 Å². The lowest BCUT2D eigenvalue weighted by Gasteiger charge is -2.18. The van der Waals surface area contributed by atoms with Crippen LogP contribution in [0.2, 0.25) is 0 Å². The van der Waals surface area contributed by atoms with Gasteiger partial charge in [0.15, 0.2) is 11.5 Å². The number of carbonyl (C=O) groups excluding carboxylic acids is 1. The third-order valence-corrected chi connectivity index (χ3v) is 6.37. The summed E-state index contributed by atoms with van der Waals surface area (Å²) in [5.41, 5.74) is 1.02. The van der Waals surface area contributed by atoms with Crippen molar-refractivity contribution in [1.82, 2.24) is 9.78 Å². The van der Waals surface area contributed by atoms with E-state index in [1.807, 2.05) is 41.1 Å². The zero-order valence-electron chi connectivity index (χ0n) is 15.4. The van der Waals surface area contributed by atoms with E-state index >= 15 is 0 Å². The van der Waals surface area contributed by atoms with Crippen LogP contribution >= 0.6 is 11.3 Å². The number of benzene rings is 1. The summed E-state index contributed by atoms with van der Waals surface area (Å²) in [6.45, 7) is 1.14. The monoisotopic (exact) mass is 395 g/mol. The van der Waals surface area contributed by atoms with Crippen LogP contribution in [0.1, 0.15) is 41.4 Å². The summed E-state index contributed by atoms with van der Waals surface area (Å²) in [4.78, 5) is 14.5. The quantitative estimate of drug-likeness (QED) is 0.692. The molecule has 3 aromatic rings. The molecule has 28 heavy (non-hydrogen) atoms. The molecule has 2 aliphatic rings. The SMILES string of the molecule is O=C(Nc1ccnn1C1CCCC1)c1ccc(-c2ccc3c(c2)OCCO3)s1. The first kappa shape index (κ1) is 17.3. The van der Waals surface area contributed by atoms with Crippen LogP contribution in [-0.4, -0.2) is 28.9 Å². The highest BCUT2D eigenvalue weighted by molar-refractivity contribution is 7.17. The predicted molar refractivity (Wildman–Crippen MR) is 108 cm³/mol. The molecule has 144 valence electrons. The highest BCUT2D eigenvalue weighted by atomic mass is 32.1. The number of nitrogens with zero attached hydrogens (tertiary/aromatic N) is 2. The smallest absolute Gasteiger partial charge is 0.266 e. The highest BCUT2D eigenvalue weighted by Crippen LogP contribution is 2.37. The second kappa shape index (κ2) is 7.31. The molecule has 6 nitrogen and oxygen atoms in total. The van der Waals surface area contributed by atoms with Crippen molar-refractivity contribution in [3.63, 3.8) is 0 Å². The van der Waals surface area contributed by atoms with Gasteiger partial charge in [0, 0.05) is 10.9 Å². The van der Waals surface area contributed by atoms with E-state index in [4.69, 9.17) is 9.47 Å². The Morgan fingerprint density at radius 3 is 2.75 bits per heavy atom. The first-order valence-corrected chi connectivity index (χ1v) is 10.4. The molecule has 1 aliphatic carbocycles. The van der Waals surface area contributed by atoms with Crippen LogP contribution in [0.25, 0.3) is 10.4 Å². The van der Waals surface area contributed by atoms with Gasteiger partial charge in [-0.3, -0.25) is 4.79 Å². The number of anilines is 1. The van der Waals surface area contributed by atoms with Gasteiger partial charge in [0.2, 0.25) is 0 Å². The van der Waals surface area contributed by atoms with Gasteiger partial charge in [-0.2, -0.15) is 5.10 Å². The average molecular weight is 395 g/mol. The molecule has 1 fully saturated rings. The van der Waals surface area contributed by atoms with E-state index in [2.05, 4.69) is 10.4 Å². The van der Waals surface area contributed by atoms with Gasteiger partial charge < -0.3 is 14.8 Å². The number of carbonyl (C=O) groups is 1. The Kier molecular flexibility index (Phi) is 4.52. The zero-order valence-corrected chi connectivity index (χ0v) is 16.2. The molecule has 7 heteroatoms. The molecule has 1 N–H and O–H groups in total. The molecule has 0 unspecified atom stereocenters. The van der Waals surface area contributed by atoms with Crippen molar-refractivity contribution in [2.24, 2.45) is 0 Å². The summed E-state index contributed by atoms with van der Waals surface area (Å²) in [6, 6.07) is 12.0. The molecule has 0 radical (unpaired) electrons. The van der Waals surface area contributed by atoms with Crippen molar-refractivity contribution in [2.75, 3.05) is 18.5 Å². The van der Waals surface area contributed by atoms with Gasteiger partial charge in [-0.15, -0.1) is 11.3 Å². The van der Waals surface area contributed by atoms with Gasteiger partial charge in [-0.25, -0.2) is 4.68 Å². The molecule has 1 amide bonds. The Labute approximate surface area is 167 Å². The minimum Gasteiger partial charge on any atom is -0.486 e. The van der Waals surface area contributed by atoms with E-state index < -0.39 is 0 Å². The van der Waals surface area contributed by atoms with Gasteiger partial charge in [0.25, 0.3) is 5.91 Å². The third-order valence-electron chi connectivity index (χ3n) is 5.24. The molecule has 5 rings (SSSR count). The lowest BCUT2D eigenvalue weighted by Crippen LogP contribution is -2.16. The minimum absolute atomic E-state index is 0.103. The number of aromatic nitrogens is 2. The number of nitrogens with one attached hydrogen (secondary N) is 1. The van der Waals surface area contributed by atoms with E-state index in [1.54, 1.807) is 6.20 Å². The first-order chi connectivity index (χ1) is 13.8. The van der Waals surface area contributed by atoms with Crippen LogP contribution in [-0.2, 0) is 0 Å². The van der Waals surface area contributed by atoms with Gasteiger partial charge in [-0.1, -0.05) is 12.8 Å². The fourth-order valence-electron chi connectivity index (χ4n) is 3.84. The Morgan fingerprint density at radius 1 is 1.07 bits per heavy atom. The maximum absolute atomic E-state index is 12.8. The van der Waals surface area contributed by atoms with Crippen molar-refractivity contribution in [3.8, 4) is 21.9 Å². The summed E-state index contributed by atoms with van der Waals surface area (Å²) in [6.07, 6.45) is 6.45. The molecule has 3 heterocycles. The van der Waals surface area contributed by atoms with Crippen molar-refractivity contribution in [3.05, 3.63) is 47.5 Å². The van der Waals surface area contributed by atoms with Gasteiger partial charge >= 0.3 is 0 Å². The summed E-state index contributed by atoms with van der Waals surface area (Å²) >= 11 is 1.47. The first-order valence-electron chi connectivity index (χ1n) is 9.63. The minimum atomic E-state index is -0.103. The van der Waals surface area contributed by atoms with Gasteiger partial charge in [-0.05, 0) is 48.7 Å². The predicted octanol–water partition coefficient (Wildman–Crippen LogP) is 4.75. The fraction of sp³-hybridized carbons (Fsp3) is 0.333. The van der Waals surface area contributed by atoms with Crippen LogP contribution < -0.4 is 14.8 Å². The number of fused-ring (bicyclic) bond motifs is 1. The zero-order chi connectivity index (χ0) is 18.9. The van der Waals surface area contributed by atoms with Crippen molar-refractivity contribution in [2.45, 2.75) is 31.7 Å². The third kappa shape index (κ3) is 3.26. The van der Waals surface area contributed by atoms with Gasteiger partial charge in [0.1, 0.15) is 19.0 Å². The van der Waals surface area contributed by atoms with Crippen molar-refractivity contribution < 1.29 is 14.3 Å². The summed E-state index contributed by atoms with van der Waals surface area (Å²) in [5.74, 6) is 2.19. The second-order valence-corrected chi connectivity index (χ2v) is 8.16. The Bertz CT molecular complexity index is 1000. The average Bonchev–Trinajstić information content (AvgIpc) is 3.48. The lowest BCUT2D eigenvalue weighted by atomic mass is 10.1. The molecule has 0 saturated heterocycles. The van der Waals surface area contributed by atoms with Crippen molar-refractivity contribution >= 4 is 23.1 Å². The topological polar surface area (TPSA) is 65.4 Å². The number of rotatable bonds is 4. The maximum Gasteiger partial charge on any atom is 0.266 e. The summed E-state index contributed by atoms with van der Waals surface area (Å²) in [7, 11) is 0. The van der Waals surface area contributed by atoms with E-state index in [9.17, 15) is 4.79 Å². The number of ether oxygens (including phenoxy) is 2. The summed E-state index contributed by atoms with van der Waals surface area (Å²) < 4.78 is 13.2. The standard InChI is InChI=1S/C21H21N3O3S/c25-21(23-20-9-10-22-24(20)15-3-1-2-4-15)19-8-7-18(28-19)14-5-6-16-17(13-14)27-12-11-26-16/h5-10,13,15H,1-4,11-12H2,(H,23,25). The Balaban J connectivity index is 1.34. The molecule has 0 spiro atoms. The molecule has 1 saturated carbocycles.